The van der Waals surface area contributed by atoms with Gasteiger partial charge in [-0.2, -0.15) is 9.97 Å². The van der Waals surface area contributed by atoms with Gasteiger partial charge in [0, 0.05) is 43.9 Å². The summed E-state index contributed by atoms with van der Waals surface area (Å²) in [6.07, 6.45) is 3.13. The molecule has 4 aromatic rings. The van der Waals surface area contributed by atoms with Crippen LogP contribution in [0, 0.1) is 11.6 Å². The number of rotatable bonds is 3. The number of carbonyl (C=O) groups is 1. The molecule has 0 spiro atoms. The highest BCUT2D eigenvalue weighted by atomic mass is 19.1. The van der Waals surface area contributed by atoms with Gasteiger partial charge in [-0.15, -0.1) is 0 Å². The largest absolute Gasteiger partial charge is 0.508 e. The first-order valence-corrected chi connectivity index (χ1v) is 15.4. The predicted molar refractivity (Wildman–Crippen MR) is 164 cm³/mol. The van der Waals surface area contributed by atoms with E-state index >= 15 is 8.78 Å². The number of carbonyl (C=O) groups excluding carboxylic acids is 1. The van der Waals surface area contributed by atoms with Gasteiger partial charge in [0.2, 0.25) is 5.91 Å². The Kier molecular flexibility index (Phi) is 7.42. The Balaban J connectivity index is 1.44. The first-order valence-electron chi connectivity index (χ1n) is 15.4. The summed E-state index contributed by atoms with van der Waals surface area (Å²) < 4.78 is 52.2. The normalized spacial score (nSPS) is 24.1. The van der Waals surface area contributed by atoms with E-state index in [4.69, 9.17) is 9.72 Å². The summed E-state index contributed by atoms with van der Waals surface area (Å²) in [6, 6.07) is 5.47. The monoisotopic (exact) mass is 620 g/mol. The molecule has 236 valence electrons. The molecule has 2 saturated heterocycles. The fraction of sp³-hybridized carbons (Fsp3) is 0.455. The van der Waals surface area contributed by atoms with E-state index in [9.17, 15) is 14.3 Å². The molecule has 2 N–H and O–H groups in total. The number of amides is 1. The Labute approximate surface area is 258 Å². The van der Waals surface area contributed by atoms with Crippen LogP contribution in [0.1, 0.15) is 44.6 Å². The van der Waals surface area contributed by atoms with Crippen LogP contribution in [0.2, 0.25) is 0 Å². The van der Waals surface area contributed by atoms with Crippen LogP contribution < -0.4 is 15.0 Å². The van der Waals surface area contributed by atoms with E-state index in [-0.39, 0.29) is 59.9 Å². The maximum Gasteiger partial charge on any atom is 0.319 e. The van der Waals surface area contributed by atoms with Gasteiger partial charge < -0.3 is 20.1 Å². The Bertz CT molecular complexity index is 1820. The van der Waals surface area contributed by atoms with Crippen LogP contribution >= 0.6 is 0 Å². The molecule has 2 fully saturated rings. The van der Waals surface area contributed by atoms with Crippen LogP contribution in [-0.4, -0.2) is 81.9 Å². The third-order valence-electron chi connectivity index (χ3n) is 9.36. The van der Waals surface area contributed by atoms with E-state index in [1.807, 2.05) is 23.8 Å². The highest BCUT2D eigenvalue weighted by Gasteiger charge is 2.35. The van der Waals surface area contributed by atoms with Crippen molar-refractivity contribution >= 4 is 33.4 Å². The zero-order chi connectivity index (χ0) is 31.5. The first-order chi connectivity index (χ1) is 21.6. The lowest BCUT2D eigenvalue weighted by molar-refractivity contribution is -0.123. The number of anilines is 1. The Hall–Kier alpha value is -4.19. The molecule has 12 heteroatoms. The molecule has 6 bridgehead atoms. The molecular formula is C33H35F3N6O3. The molecule has 0 saturated carbocycles. The molecule has 6 heterocycles. The van der Waals surface area contributed by atoms with Gasteiger partial charge in [0.25, 0.3) is 0 Å². The third-order valence-corrected chi connectivity index (χ3v) is 9.36. The van der Waals surface area contributed by atoms with E-state index in [1.165, 1.54) is 30.5 Å². The second-order valence-electron chi connectivity index (χ2n) is 12.9. The third kappa shape index (κ3) is 5.49. The van der Waals surface area contributed by atoms with Gasteiger partial charge >= 0.3 is 6.01 Å². The average Bonchev–Trinajstić information content (AvgIpc) is 3.32. The molecule has 0 radical (unpaired) electrons. The van der Waals surface area contributed by atoms with Crippen molar-refractivity contribution in [2.24, 2.45) is 0 Å². The van der Waals surface area contributed by atoms with E-state index < -0.39 is 23.3 Å². The number of nitrogens with zero attached hydrogens (tertiary/aromatic N) is 5. The van der Waals surface area contributed by atoms with Crippen molar-refractivity contribution < 1.29 is 27.8 Å². The van der Waals surface area contributed by atoms with Gasteiger partial charge in [-0.05, 0) is 80.6 Å². The number of phenols is 1. The van der Waals surface area contributed by atoms with Crippen molar-refractivity contribution in [2.45, 2.75) is 63.2 Å². The number of aromatic nitrogens is 3. The molecule has 45 heavy (non-hydrogen) atoms. The smallest absolute Gasteiger partial charge is 0.319 e. The van der Waals surface area contributed by atoms with Crippen molar-refractivity contribution in [1.82, 2.24) is 25.2 Å². The summed E-state index contributed by atoms with van der Waals surface area (Å²) in [4.78, 5) is 30.7. The zero-order valence-electron chi connectivity index (χ0n) is 25.2. The van der Waals surface area contributed by atoms with Crippen molar-refractivity contribution in [2.75, 3.05) is 38.2 Å². The van der Waals surface area contributed by atoms with Crippen LogP contribution in [0.15, 0.2) is 30.5 Å². The second kappa shape index (κ2) is 11.3. The van der Waals surface area contributed by atoms with Crippen molar-refractivity contribution in [3.8, 4) is 23.0 Å². The maximum atomic E-state index is 16.8. The Morgan fingerprint density at radius 3 is 2.82 bits per heavy atom. The molecule has 3 atom stereocenters. The maximum absolute atomic E-state index is 16.8. The van der Waals surface area contributed by atoms with Crippen LogP contribution in [0.5, 0.6) is 11.8 Å². The van der Waals surface area contributed by atoms with Crippen molar-refractivity contribution in [1.29, 1.82) is 0 Å². The minimum Gasteiger partial charge on any atom is -0.508 e. The van der Waals surface area contributed by atoms with Crippen LogP contribution in [0.3, 0.4) is 0 Å². The average molecular weight is 621 g/mol. The number of ether oxygens (including phenoxy) is 1. The lowest BCUT2D eigenvalue weighted by Crippen LogP contribution is -2.57. The minimum atomic E-state index is -0.956. The summed E-state index contributed by atoms with van der Waals surface area (Å²) in [6.45, 7) is 3.42. The lowest BCUT2D eigenvalue weighted by Gasteiger charge is -2.42. The number of hydrogen-bond acceptors (Lipinski definition) is 8. The van der Waals surface area contributed by atoms with Crippen molar-refractivity contribution in [3.63, 3.8) is 0 Å². The highest BCUT2D eigenvalue weighted by molar-refractivity contribution is 6.02. The topological polar surface area (TPSA) is 104 Å². The number of aromatic hydroxyl groups is 1. The lowest BCUT2D eigenvalue weighted by atomic mass is 9.90. The number of nitrogens with one attached hydrogen (secondary N) is 1. The number of hydrogen-bond donors (Lipinski definition) is 2. The summed E-state index contributed by atoms with van der Waals surface area (Å²) in [5, 5.41) is 15.1. The fourth-order valence-electron chi connectivity index (χ4n) is 7.17. The molecule has 4 aliphatic heterocycles. The van der Waals surface area contributed by atoms with Crippen LogP contribution in [0.25, 0.3) is 32.9 Å². The summed E-state index contributed by atoms with van der Waals surface area (Å²) >= 11 is 0. The van der Waals surface area contributed by atoms with Crippen molar-refractivity contribution in [3.05, 3.63) is 47.7 Å². The predicted octanol–water partition coefficient (Wildman–Crippen LogP) is 5.06. The van der Waals surface area contributed by atoms with Gasteiger partial charge in [-0.3, -0.25) is 14.7 Å². The van der Waals surface area contributed by atoms with Gasteiger partial charge in [-0.25, -0.2) is 13.2 Å². The number of aryl methyl sites for hydroxylation is 1. The highest BCUT2D eigenvalue weighted by Crippen LogP contribution is 2.40. The van der Waals surface area contributed by atoms with Gasteiger partial charge in [0.1, 0.15) is 41.4 Å². The molecule has 0 aliphatic carbocycles. The fourth-order valence-corrected chi connectivity index (χ4v) is 7.17. The van der Waals surface area contributed by atoms with Crippen LogP contribution in [-0.2, 0) is 11.2 Å². The molecule has 8 rings (SSSR count). The van der Waals surface area contributed by atoms with E-state index in [2.05, 4.69) is 15.3 Å². The zero-order valence-corrected chi connectivity index (χ0v) is 25.2. The molecular weight excluding hydrogens is 585 g/mol. The molecule has 9 nitrogen and oxygen atoms in total. The quantitative estimate of drug-likeness (QED) is 0.328. The van der Waals surface area contributed by atoms with E-state index in [1.54, 1.807) is 0 Å². The van der Waals surface area contributed by atoms with Gasteiger partial charge in [-0.1, -0.05) is 6.07 Å². The number of pyridine rings is 1. The standard InChI is InChI=1S/C33H35F3N6O3/c1-33-9-4-10-42(17-33)31-24-14-37-29(28(36)30(24)38-32(39-31)45-16-20-12-19(34)15-41(20)2)23-13-21(43)11-18-7-8-25(35)22(27(18)23)5-3-6-26(44)40-33/h7-8,11,13-14,19-20,43H,3-6,9-10,12,15-17H2,1-2H3,(H,40,44)/t19-,20+,33-/m1/s1. The number of likely N-dealkylation sites (tertiary alicyclic amines) is 1. The number of likely N-dealkylation sites (N-methyl/N-ethyl adjacent to an activating group) is 1. The first kappa shape index (κ1) is 29.5. The van der Waals surface area contributed by atoms with Crippen LogP contribution in [0.4, 0.5) is 19.0 Å². The minimum absolute atomic E-state index is 0.0407. The van der Waals surface area contributed by atoms with E-state index in [0.717, 1.165) is 12.8 Å². The number of halogens is 3. The second-order valence-corrected chi connectivity index (χ2v) is 12.9. The number of benzene rings is 2. The Morgan fingerprint density at radius 1 is 1.18 bits per heavy atom. The Morgan fingerprint density at radius 2 is 2.02 bits per heavy atom. The molecule has 2 aromatic heterocycles. The van der Waals surface area contributed by atoms with Gasteiger partial charge in [0.05, 0.1) is 10.9 Å². The van der Waals surface area contributed by atoms with Gasteiger partial charge in [0.15, 0.2) is 5.82 Å². The summed E-state index contributed by atoms with van der Waals surface area (Å²) in [7, 11) is 1.83. The molecule has 4 aliphatic rings. The number of alkyl halides is 1. The molecule has 0 unspecified atom stereocenters. The van der Waals surface area contributed by atoms with E-state index in [0.29, 0.717) is 60.0 Å². The summed E-state index contributed by atoms with van der Waals surface area (Å²) in [5.74, 6) is -1.10. The number of phenolic OH excluding ortho intramolecular Hbond substituents is 1. The summed E-state index contributed by atoms with van der Waals surface area (Å²) in [5.41, 5.74) is -0.200. The number of fused-ring (bicyclic) bond motifs is 5. The molecule has 1 amide bonds. The number of piperidine rings is 1. The molecule has 2 aromatic carbocycles. The SMILES string of the molecule is CN1C[C@H](F)C[C@H]1COc1nc2c3cnc(c(F)c3n1)-c1cc(O)cc3ccc(F)c(c13)CCCC(=O)N[C@]1(C)CCCN2C1.